The summed E-state index contributed by atoms with van der Waals surface area (Å²) in [6.45, 7) is 5.89. The van der Waals surface area contributed by atoms with Crippen LogP contribution >= 0.6 is 0 Å². The molecule has 0 aliphatic carbocycles. The number of piperazine rings is 1. The number of likely N-dealkylation sites (tertiary alicyclic amines) is 1. The molecular weight excluding hydrogens is 388 g/mol. The van der Waals surface area contributed by atoms with Crippen molar-refractivity contribution in [3.8, 4) is 0 Å². The Kier molecular flexibility index (Phi) is 6.53. The molecule has 30 heavy (non-hydrogen) atoms. The fourth-order valence-electron chi connectivity index (χ4n) is 4.15. The third kappa shape index (κ3) is 5.04. The molecule has 0 spiro atoms. The molecule has 2 saturated heterocycles. The minimum atomic E-state index is -0.625. The molecule has 2 fully saturated rings. The third-order valence-electron chi connectivity index (χ3n) is 5.45. The SMILES string of the molecule is COC(=O)CC1[C@@H]2CC[C@H](CN1C(=O)OCc1ccccc1)N2C(=O)OC(C)(C)C. The summed E-state index contributed by atoms with van der Waals surface area (Å²) in [7, 11) is 1.31. The number of nitrogens with zero attached hydrogens (tertiary/aromatic N) is 2. The molecule has 0 aromatic heterocycles. The molecule has 0 saturated carbocycles. The van der Waals surface area contributed by atoms with Gasteiger partial charge in [0.05, 0.1) is 31.7 Å². The first-order valence-corrected chi connectivity index (χ1v) is 10.2. The monoisotopic (exact) mass is 418 g/mol. The smallest absolute Gasteiger partial charge is 0.410 e. The predicted octanol–water partition coefficient (Wildman–Crippen LogP) is 3.34. The number of esters is 1. The van der Waals surface area contributed by atoms with Crippen molar-refractivity contribution < 1.29 is 28.6 Å². The predicted molar refractivity (Wildman–Crippen MR) is 109 cm³/mol. The van der Waals surface area contributed by atoms with E-state index in [4.69, 9.17) is 14.2 Å². The van der Waals surface area contributed by atoms with Gasteiger partial charge in [0.15, 0.2) is 0 Å². The summed E-state index contributed by atoms with van der Waals surface area (Å²) in [6.07, 6.45) is 0.516. The van der Waals surface area contributed by atoms with E-state index in [-0.39, 0.29) is 25.1 Å². The van der Waals surface area contributed by atoms with Crippen LogP contribution in [0, 0.1) is 0 Å². The van der Waals surface area contributed by atoms with Crippen LogP contribution < -0.4 is 0 Å². The Morgan fingerprint density at radius 3 is 2.40 bits per heavy atom. The van der Waals surface area contributed by atoms with E-state index in [1.165, 1.54) is 7.11 Å². The van der Waals surface area contributed by atoms with Gasteiger partial charge in [0.1, 0.15) is 12.2 Å². The van der Waals surface area contributed by atoms with Crippen LogP contribution in [-0.4, -0.2) is 65.3 Å². The van der Waals surface area contributed by atoms with Gasteiger partial charge in [-0.3, -0.25) is 9.69 Å². The van der Waals surface area contributed by atoms with E-state index in [2.05, 4.69) is 0 Å². The molecule has 1 aromatic carbocycles. The molecule has 2 amide bonds. The van der Waals surface area contributed by atoms with E-state index in [1.54, 1.807) is 9.80 Å². The molecular formula is C22H30N2O6. The second-order valence-corrected chi connectivity index (χ2v) is 8.73. The molecule has 0 radical (unpaired) electrons. The van der Waals surface area contributed by atoms with Gasteiger partial charge < -0.3 is 19.1 Å². The van der Waals surface area contributed by atoms with Gasteiger partial charge in [-0.25, -0.2) is 9.59 Å². The molecule has 8 nitrogen and oxygen atoms in total. The zero-order valence-electron chi connectivity index (χ0n) is 18.0. The molecule has 164 valence electrons. The van der Waals surface area contributed by atoms with Crippen molar-refractivity contribution in [2.45, 2.75) is 70.4 Å². The first-order valence-electron chi connectivity index (χ1n) is 10.2. The number of hydrogen-bond donors (Lipinski definition) is 0. The van der Waals surface area contributed by atoms with Crippen molar-refractivity contribution >= 4 is 18.2 Å². The minimum absolute atomic E-state index is 0.00633. The van der Waals surface area contributed by atoms with Gasteiger partial charge >= 0.3 is 18.2 Å². The summed E-state index contributed by atoms with van der Waals surface area (Å²) in [6, 6.07) is 8.40. The average Bonchev–Trinajstić information content (AvgIpc) is 3.03. The number of carbonyl (C=O) groups is 3. The van der Waals surface area contributed by atoms with Crippen LogP contribution in [0.3, 0.4) is 0 Å². The summed E-state index contributed by atoms with van der Waals surface area (Å²) in [5.74, 6) is -0.435. The standard InChI is InChI=1S/C22H30N2O6/c1-22(2,3)30-21(27)24-16-10-11-17(24)18(12-19(25)28-4)23(13-16)20(26)29-14-15-8-6-5-7-9-15/h5-9,16-18H,10-14H2,1-4H3/t16-,17+,18?/m1/s1. The number of hydrogen-bond acceptors (Lipinski definition) is 6. The Balaban J connectivity index is 1.76. The van der Waals surface area contributed by atoms with Crippen LogP contribution in [0.1, 0.15) is 45.6 Å². The summed E-state index contributed by atoms with van der Waals surface area (Å²) >= 11 is 0. The fraction of sp³-hybridized carbons (Fsp3) is 0.591. The van der Waals surface area contributed by atoms with E-state index in [9.17, 15) is 14.4 Å². The summed E-state index contributed by atoms with van der Waals surface area (Å²) in [4.78, 5) is 41.0. The van der Waals surface area contributed by atoms with E-state index >= 15 is 0 Å². The van der Waals surface area contributed by atoms with Gasteiger partial charge in [-0.15, -0.1) is 0 Å². The van der Waals surface area contributed by atoms with Gasteiger partial charge in [-0.2, -0.15) is 0 Å². The Morgan fingerprint density at radius 1 is 1.07 bits per heavy atom. The molecule has 3 atom stereocenters. The number of ether oxygens (including phenoxy) is 3. The maximum Gasteiger partial charge on any atom is 0.410 e. The quantitative estimate of drug-likeness (QED) is 0.551. The lowest BCUT2D eigenvalue weighted by atomic mass is 10.00. The van der Waals surface area contributed by atoms with Crippen LogP contribution in [0.25, 0.3) is 0 Å². The van der Waals surface area contributed by atoms with Crippen molar-refractivity contribution in [2.24, 2.45) is 0 Å². The molecule has 2 aliphatic rings. The van der Waals surface area contributed by atoms with Crippen molar-refractivity contribution in [3.63, 3.8) is 0 Å². The topological polar surface area (TPSA) is 85.4 Å². The number of methoxy groups -OCH3 is 1. The molecule has 2 heterocycles. The molecule has 0 N–H and O–H groups in total. The van der Waals surface area contributed by atoms with Gasteiger partial charge in [0.2, 0.25) is 0 Å². The van der Waals surface area contributed by atoms with E-state index in [1.807, 2.05) is 51.1 Å². The second kappa shape index (κ2) is 8.93. The first-order chi connectivity index (χ1) is 14.2. The van der Waals surface area contributed by atoms with Crippen molar-refractivity contribution in [3.05, 3.63) is 35.9 Å². The zero-order valence-corrected chi connectivity index (χ0v) is 18.0. The molecule has 2 aliphatic heterocycles. The largest absolute Gasteiger partial charge is 0.469 e. The lowest BCUT2D eigenvalue weighted by Gasteiger charge is -2.45. The van der Waals surface area contributed by atoms with Crippen LogP contribution in [0.15, 0.2) is 30.3 Å². The van der Waals surface area contributed by atoms with Gasteiger partial charge in [-0.1, -0.05) is 30.3 Å². The summed E-state index contributed by atoms with van der Waals surface area (Å²) in [5.41, 5.74) is 0.255. The van der Waals surface area contributed by atoms with Gasteiger partial charge in [0, 0.05) is 6.54 Å². The lowest BCUT2D eigenvalue weighted by molar-refractivity contribution is -0.143. The number of fused-ring (bicyclic) bond motifs is 2. The van der Waals surface area contributed by atoms with Crippen molar-refractivity contribution in [2.75, 3.05) is 13.7 Å². The van der Waals surface area contributed by atoms with Crippen LogP contribution in [0.5, 0.6) is 0 Å². The van der Waals surface area contributed by atoms with Crippen molar-refractivity contribution in [1.29, 1.82) is 0 Å². The average molecular weight is 418 g/mol. The van der Waals surface area contributed by atoms with E-state index < -0.39 is 29.8 Å². The Labute approximate surface area is 177 Å². The summed E-state index contributed by atoms with van der Waals surface area (Å²) < 4.78 is 15.9. The lowest BCUT2D eigenvalue weighted by Crippen LogP contribution is -2.63. The second-order valence-electron chi connectivity index (χ2n) is 8.73. The highest BCUT2D eigenvalue weighted by atomic mass is 16.6. The number of rotatable bonds is 4. The maximum atomic E-state index is 12.9. The van der Waals surface area contributed by atoms with Crippen LogP contribution in [-0.2, 0) is 25.6 Å². The minimum Gasteiger partial charge on any atom is -0.469 e. The fourth-order valence-corrected chi connectivity index (χ4v) is 4.15. The normalized spacial score (nSPS) is 23.1. The van der Waals surface area contributed by atoms with Crippen molar-refractivity contribution in [1.82, 2.24) is 9.80 Å². The van der Waals surface area contributed by atoms with E-state index in [0.717, 1.165) is 12.0 Å². The highest BCUT2D eigenvalue weighted by Gasteiger charge is 2.51. The highest BCUT2D eigenvalue weighted by Crippen LogP contribution is 2.37. The zero-order chi connectivity index (χ0) is 21.9. The number of benzene rings is 1. The van der Waals surface area contributed by atoms with Crippen LogP contribution in [0.4, 0.5) is 9.59 Å². The first kappa shape index (κ1) is 21.9. The molecule has 8 heteroatoms. The Hall–Kier alpha value is -2.77. The maximum absolute atomic E-state index is 12.9. The Morgan fingerprint density at radius 2 is 1.77 bits per heavy atom. The van der Waals surface area contributed by atoms with E-state index in [0.29, 0.717) is 13.0 Å². The van der Waals surface area contributed by atoms with Gasteiger partial charge in [-0.05, 0) is 39.2 Å². The molecule has 3 rings (SSSR count). The molecule has 2 bridgehead atoms. The number of carbonyl (C=O) groups excluding carboxylic acids is 3. The van der Waals surface area contributed by atoms with Crippen LogP contribution in [0.2, 0.25) is 0 Å². The highest BCUT2D eigenvalue weighted by molar-refractivity contribution is 5.75. The Bertz CT molecular complexity index is 776. The molecule has 1 unspecified atom stereocenters. The third-order valence-corrected chi connectivity index (χ3v) is 5.45. The summed E-state index contributed by atoms with van der Waals surface area (Å²) in [5, 5.41) is 0. The van der Waals surface area contributed by atoms with Gasteiger partial charge in [0.25, 0.3) is 0 Å². The molecule has 1 aromatic rings. The number of amides is 2.